The molecular weight excluding hydrogens is 228 g/mol. The molecule has 100 valence electrons. The molecule has 0 amide bonds. The number of nitrogens with two attached hydrogens (primary N) is 1. The Morgan fingerprint density at radius 3 is 2.22 bits per heavy atom. The minimum absolute atomic E-state index is 0.247. The van der Waals surface area contributed by atoms with Crippen LogP contribution in [0.1, 0.15) is 25.8 Å². The molecule has 0 aliphatic heterocycles. The Bertz CT molecular complexity index is 410. The highest BCUT2D eigenvalue weighted by molar-refractivity contribution is 5.73. The fourth-order valence-corrected chi connectivity index (χ4v) is 1.97. The van der Waals surface area contributed by atoms with Gasteiger partial charge in [0.25, 0.3) is 0 Å². The summed E-state index contributed by atoms with van der Waals surface area (Å²) in [6.45, 7) is 4.03. The van der Waals surface area contributed by atoms with Crippen LogP contribution in [0.4, 0.5) is 5.69 Å². The van der Waals surface area contributed by atoms with E-state index in [0.717, 1.165) is 11.3 Å². The summed E-state index contributed by atoms with van der Waals surface area (Å²) in [6, 6.07) is 7.30. The first-order chi connectivity index (χ1) is 8.24. The number of benzene rings is 1. The SMILES string of the molecule is CN(C)c1ccc(C(C)(C)CC(N)C(=O)O)cc1. The third kappa shape index (κ3) is 3.47. The maximum Gasteiger partial charge on any atom is 0.320 e. The van der Waals surface area contributed by atoms with Crippen LogP contribution in [0.3, 0.4) is 0 Å². The lowest BCUT2D eigenvalue weighted by atomic mass is 9.79. The molecule has 0 bridgehead atoms. The summed E-state index contributed by atoms with van der Waals surface area (Å²) in [4.78, 5) is 12.8. The van der Waals surface area contributed by atoms with Crippen molar-refractivity contribution < 1.29 is 9.90 Å². The summed E-state index contributed by atoms with van der Waals surface area (Å²) in [5, 5.41) is 8.88. The number of carbonyl (C=O) groups is 1. The number of hydrogen-bond acceptors (Lipinski definition) is 3. The second-order valence-electron chi connectivity index (χ2n) is 5.47. The monoisotopic (exact) mass is 250 g/mol. The summed E-state index contributed by atoms with van der Waals surface area (Å²) >= 11 is 0. The van der Waals surface area contributed by atoms with E-state index in [9.17, 15) is 4.79 Å². The van der Waals surface area contributed by atoms with Crippen molar-refractivity contribution in [3.05, 3.63) is 29.8 Å². The largest absolute Gasteiger partial charge is 0.480 e. The van der Waals surface area contributed by atoms with Gasteiger partial charge in [0.2, 0.25) is 0 Å². The van der Waals surface area contributed by atoms with Crippen molar-refractivity contribution in [2.24, 2.45) is 5.73 Å². The van der Waals surface area contributed by atoms with Crippen LogP contribution in [-0.2, 0) is 10.2 Å². The molecule has 0 saturated carbocycles. The predicted octanol–water partition coefficient (Wildman–Crippen LogP) is 1.83. The minimum atomic E-state index is -0.951. The Hall–Kier alpha value is -1.55. The average Bonchev–Trinajstić information content (AvgIpc) is 2.28. The number of rotatable bonds is 5. The van der Waals surface area contributed by atoms with Crippen LogP contribution in [0.15, 0.2) is 24.3 Å². The Balaban J connectivity index is 2.87. The standard InChI is InChI=1S/C14H22N2O2/c1-14(2,9-12(15)13(17)18)10-5-7-11(8-6-10)16(3)4/h5-8,12H,9,15H2,1-4H3,(H,17,18). The number of anilines is 1. The summed E-state index contributed by atoms with van der Waals surface area (Å²) < 4.78 is 0. The van der Waals surface area contributed by atoms with E-state index in [1.54, 1.807) is 0 Å². The Kier molecular flexibility index (Phi) is 4.35. The molecule has 1 unspecified atom stereocenters. The van der Waals surface area contributed by atoms with Gasteiger partial charge >= 0.3 is 5.97 Å². The van der Waals surface area contributed by atoms with E-state index in [2.05, 4.69) is 0 Å². The zero-order chi connectivity index (χ0) is 13.9. The van der Waals surface area contributed by atoms with Crippen molar-refractivity contribution in [1.82, 2.24) is 0 Å². The molecule has 18 heavy (non-hydrogen) atoms. The summed E-state index contributed by atoms with van der Waals surface area (Å²) in [7, 11) is 3.97. The highest BCUT2D eigenvalue weighted by Gasteiger charge is 2.26. The molecule has 0 saturated heterocycles. The smallest absolute Gasteiger partial charge is 0.320 e. The fourth-order valence-electron chi connectivity index (χ4n) is 1.97. The topological polar surface area (TPSA) is 66.6 Å². The van der Waals surface area contributed by atoms with E-state index in [-0.39, 0.29) is 5.41 Å². The van der Waals surface area contributed by atoms with Crippen LogP contribution in [-0.4, -0.2) is 31.2 Å². The molecule has 0 aromatic heterocycles. The zero-order valence-corrected chi connectivity index (χ0v) is 11.5. The predicted molar refractivity (Wildman–Crippen MR) is 74.0 cm³/mol. The van der Waals surface area contributed by atoms with Gasteiger partial charge in [-0.15, -0.1) is 0 Å². The second kappa shape index (κ2) is 5.40. The summed E-state index contributed by atoms with van der Waals surface area (Å²) in [5.41, 5.74) is 7.59. The van der Waals surface area contributed by atoms with Crippen LogP contribution in [0, 0.1) is 0 Å². The van der Waals surface area contributed by atoms with Gasteiger partial charge in [-0.1, -0.05) is 26.0 Å². The maximum atomic E-state index is 10.8. The van der Waals surface area contributed by atoms with Crippen molar-refractivity contribution in [3.8, 4) is 0 Å². The van der Waals surface area contributed by atoms with Crippen LogP contribution >= 0.6 is 0 Å². The molecular formula is C14H22N2O2. The molecule has 1 aromatic rings. The lowest BCUT2D eigenvalue weighted by molar-refractivity contribution is -0.139. The number of carboxylic acids is 1. The van der Waals surface area contributed by atoms with E-state index in [4.69, 9.17) is 10.8 Å². The molecule has 4 heteroatoms. The number of nitrogens with zero attached hydrogens (tertiary/aromatic N) is 1. The highest BCUT2D eigenvalue weighted by atomic mass is 16.4. The maximum absolute atomic E-state index is 10.8. The lowest BCUT2D eigenvalue weighted by Gasteiger charge is -2.27. The normalized spacial score (nSPS) is 13.2. The van der Waals surface area contributed by atoms with Gasteiger partial charge < -0.3 is 15.7 Å². The molecule has 0 spiro atoms. The summed E-state index contributed by atoms with van der Waals surface area (Å²) in [6.07, 6.45) is 0.420. The fraction of sp³-hybridized carbons (Fsp3) is 0.500. The van der Waals surface area contributed by atoms with Crippen LogP contribution in [0.5, 0.6) is 0 Å². The summed E-state index contributed by atoms with van der Waals surface area (Å²) in [5.74, 6) is -0.951. The average molecular weight is 250 g/mol. The Morgan fingerprint density at radius 2 is 1.83 bits per heavy atom. The van der Waals surface area contributed by atoms with Gasteiger partial charge in [-0.05, 0) is 29.5 Å². The van der Waals surface area contributed by atoms with E-state index >= 15 is 0 Å². The molecule has 0 aliphatic carbocycles. The van der Waals surface area contributed by atoms with Gasteiger partial charge in [0.05, 0.1) is 0 Å². The molecule has 1 atom stereocenters. The number of aliphatic carboxylic acids is 1. The van der Waals surface area contributed by atoms with Gasteiger partial charge in [-0.3, -0.25) is 4.79 Å². The Labute approximate surface area is 108 Å². The van der Waals surface area contributed by atoms with E-state index < -0.39 is 12.0 Å². The first kappa shape index (κ1) is 14.5. The van der Waals surface area contributed by atoms with Gasteiger partial charge in [0.1, 0.15) is 6.04 Å². The zero-order valence-electron chi connectivity index (χ0n) is 11.5. The quantitative estimate of drug-likeness (QED) is 0.836. The Morgan fingerprint density at radius 1 is 1.33 bits per heavy atom. The minimum Gasteiger partial charge on any atom is -0.480 e. The van der Waals surface area contributed by atoms with Crippen molar-refractivity contribution >= 4 is 11.7 Å². The molecule has 1 rings (SSSR count). The lowest BCUT2D eigenvalue weighted by Crippen LogP contribution is -2.36. The molecule has 1 aromatic carbocycles. The van der Waals surface area contributed by atoms with Gasteiger partial charge in [-0.25, -0.2) is 0 Å². The van der Waals surface area contributed by atoms with E-state index in [1.165, 1.54) is 0 Å². The van der Waals surface area contributed by atoms with Gasteiger partial charge in [0, 0.05) is 19.8 Å². The van der Waals surface area contributed by atoms with Crippen molar-refractivity contribution in [1.29, 1.82) is 0 Å². The molecule has 0 radical (unpaired) electrons. The second-order valence-corrected chi connectivity index (χ2v) is 5.47. The van der Waals surface area contributed by atoms with E-state index in [1.807, 2.05) is 57.1 Å². The van der Waals surface area contributed by atoms with Crippen molar-refractivity contribution in [2.45, 2.75) is 31.7 Å². The molecule has 0 heterocycles. The third-order valence-electron chi connectivity index (χ3n) is 3.21. The highest BCUT2D eigenvalue weighted by Crippen LogP contribution is 2.29. The van der Waals surface area contributed by atoms with E-state index in [0.29, 0.717) is 6.42 Å². The van der Waals surface area contributed by atoms with Gasteiger partial charge in [-0.2, -0.15) is 0 Å². The number of hydrogen-bond donors (Lipinski definition) is 2. The first-order valence-electron chi connectivity index (χ1n) is 6.00. The number of carboxylic acid groups (broad SMARTS) is 1. The first-order valence-corrected chi connectivity index (χ1v) is 6.00. The van der Waals surface area contributed by atoms with Crippen LogP contribution in [0.2, 0.25) is 0 Å². The van der Waals surface area contributed by atoms with Crippen molar-refractivity contribution in [2.75, 3.05) is 19.0 Å². The third-order valence-corrected chi connectivity index (χ3v) is 3.21. The van der Waals surface area contributed by atoms with Crippen molar-refractivity contribution in [3.63, 3.8) is 0 Å². The molecule has 4 nitrogen and oxygen atoms in total. The molecule has 0 fully saturated rings. The van der Waals surface area contributed by atoms with Gasteiger partial charge in [0.15, 0.2) is 0 Å². The molecule has 3 N–H and O–H groups in total. The van der Waals surface area contributed by atoms with Crippen LogP contribution < -0.4 is 10.6 Å². The molecule has 0 aliphatic rings. The van der Waals surface area contributed by atoms with Crippen LogP contribution in [0.25, 0.3) is 0 Å².